The summed E-state index contributed by atoms with van der Waals surface area (Å²) in [6.07, 6.45) is 5.83. The number of likely N-dealkylation sites (tertiary alicyclic amines) is 1. The molecule has 8 heteroatoms. The van der Waals surface area contributed by atoms with Crippen molar-refractivity contribution in [3.05, 3.63) is 77.5 Å². The van der Waals surface area contributed by atoms with Gasteiger partial charge in [0.05, 0.1) is 31.5 Å². The van der Waals surface area contributed by atoms with Gasteiger partial charge >= 0.3 is 0 Å². The van der Waals surface area contributed by atoms with Crippen LogP contribution < -0.4 is 4.74 Å². The molecule has 7 rings (SSSR count). The van der Waals surface area contributed by atoms with E-state index in [2.05, 4.69) is 41.8 Å². The SMILES string of the molecule is COc1cc(C(=O)N2CCCC(=N)C2)cn2nc(-c3cc4ccc(-c5cccc(CO)c5)cc4n3CC3CC3)c(C)c12. The van der Waals surface area contributed by atoms with Crippen molar-refractivity contribution in [2.45, 2.75) is 45.8 Å². The van der Waals surface area contributed by atoms with Crippen molar-refractivity contribution in [1.29, 1.82) is 5.41 Å². The van der Waals surface area contributed by atoms with Crippen LogP contribution in [0.15, 0.2) is 60.8 Å². The van der Waals surface area contributed by atoms with E-state index in [0.29, 0.717) is 36.0 Å². The van der Waals surface area contributed by atoms with Gasteiger partial charge in [-0.25, -0.2) is 4.52 Å². The number of carbonyl (C=O) groups excluding carboxylic acids is 1. The van der Waals surface area contributed by atoms with Crippen molar-refractivity contribution in [3.63, 3.8) is 0 Å². The van der Waals surface area contributed by atoms with Crippen molar-refractivity contribution in [2.24, 2.45) is 5.92 Å². The van der Waals surface area contributed by atoms with Gasteiger partial charge in [0, 0.05) is 41.5 Å². The van der Waals surface area contributed by atoms with Crippen LogP contribution in [-0.2, 0) is 13.2 Å². The fraction of sp³-hybridized carbons (Fsp3) is 0.324. The summed E-state index contributed by atoms with van der Waals surface area (Å²) < 4.78 is 10.00. The van der Waals surface area contributed by atoms with Crippen molar-refractivity contribution < 1.29 is 14.6 Å². The molecule has 2 aliphatic rings. The van der Waals surface area contributed by atoms with Crippen molar-refractivity contribution >= 4 is 28.0 Å². The number of aliphatic hydroxyl groups excluding tert-OH is 1. The fourth-order valence-corrected chi connectivity index (χ4v) is 6.26. The fourth-order valence-electron chi connectivity index (χ4n) is 6.26. The minimum Gasteiger partial charge on any atom is -0.494 e. The van der Waals surface area contributed by atoms with E-state index < -0.39 is 0 Å². The number of pyridine rings is 1. The van der Waals surface area contributed by atoms with Gasteiger partial charge in [-0.05, 0) is 79.5 Å². The van der Waals surface area contributed by atoms with E-state index >= 15 is 0 Å². The summed E-state index contributed by atoms with van der Waals surface area (Å²) in [5, 5.41) is 23.9. The minimum atomic E-state index is -0.102. The van der Waals surface area contributed by atoms with Gasteiger partial charge < -0.3 is 24.7 Å². The molecular formula is C34H35N5O3. The van der Waals surface area contributed by atoms with Gasteiger partial charge in [0.25, 0.3) is 5.91 Å². The van der Waals surface area contributed by atoms with Crippen LogP contribution in [0.5, 0.6) is 5.75 Å². The van der Waals surface area contributed by atoms with Crippen molar-refractivity contribution in [1.82, 2.24) is 19.1 Å². The molecule has 1 amide bonds. The molecule has 42 heavy (non-hydrogen) atoms. The number of carbonyl (C=O) groups is 1. The summed E-state index contributed by atoms with van der Waals surface area (Å²) in [5.41, 5.74) is 9.13. The normalized spacial score (nSPS) is 15.6. The second-order valence-electron chi connectivity index (χ2n) is 11.7. The Morgan fingerprint density at radius 2 is 1.95 bits per heavy atom. The van der Waals surface area contributed by atoms with Gasteiger partial charge in [0.2, 0.25) is 0 Å². The zero-order valence-corrected chi connectivity index (χ0v) is 24.1. The second-order valence-corrected chi connectivity index (χ2v) is 11.7. The third-order valence-corrected chi connectivity index (χ3v) is 8.70. The molecule has 0 unspecified atom stereocenters. The number of ether oxygens (including phenoxy) is 1. The Labute approximate surface area is 244 Å². The molecule has 2 N–H and O–H groups in total. The Morgan fingerprint density at radius 1 is 1.12 bits per heavy atom. The Hall–Kier alpha value is -4.43. The molecule has 214 valence electrons. The average Bonchev–Trinajstić information content (AvgIpc) is 3.69. The predicted molar refractivity (Wildman–Crippen MR) is 164 cm³/mol. The average molecular weight is 562 g/mol. The molecule has 1 aliphatic heterocycles. The summed E-state index contributed by atoms with van der Waals surface area (Å²) in [6, 6.07) is 18.6. The molecule has 4 heterocycles. The summed E-state index contributed by atoms with van der Waals surface area (Å²) in [4.78, 5) is 15.2. The molecule has 0 spiro atoms. The van der Waals surface area contributed by atoms with Crippen LogP contribution in [0, 0.1) is 18.3 Å². The van der Waals surface area contributed by atoms with Gasteiger partial charge in [-0.3, -0.25) is 4.79 Å². The number of methoxy groups -OCH3 is 1. The van der Waals surface area contributed by atoms with E-state index in [4.69, 9.17) is 15.2 Å². The largest absolute Gasteiger partial charge is 0.494 e. The first-order chi connectivity index (χ1) is 20.4. The second kappa shape index (κ2) is 10.4. The monoisotopic (exact) mass is 561 g/mol. The molecule has 0 radical (unpaired) electrons. The third kappa shape index (κ3) is 4.65. The van der Waals surface area contributed by atoms with Gasteiger partial charge in [-0.2, -0.15) is 5.10 Å². The molecule has 8 nitrogen and oxygen atoms in total. The number of rotatable bonds is 7. The minimum absolute atomic E-state index is 0.0178. The van der Waals surface area contributed by atoms with E-state index in [0.717, 1.165) is 69.4 Å². The van der Waals surface area contributed by atoms with Crippen molar-refractivity contribution in [2.75, 3.05) is 20.2 Å². The molecule has 3 aromatic heterocycles. The maximum atomic E-state index is 13.4. The van der Waals surface area contributed by atoms with Crippen LogP contribution in [-0.4, -0.2) is 56.0 Å². The van der Waals surface area contributed by atoms with E-state index in [1.807, 2.05) is 18.2 Å². The molecule has 1 saturated carbocycles. The highest BCUT2D eigenvalue weighted by Crippen LogP contribution is 2.39. The molecule has 0 atom stereocenters. The zero-order chi connectivity index (χ0) is 29.0. The number of benzene rings is 2. The smallest absolute Gasteiger partial charge is 0.255 e. The summed E-state index contributed by atoms with van der Waals surface area (Å²) in [6.45, 7) is 4.03. The number of aromatic nitrogens is 3. The van der Waals surface area contributed by atoms with E-state index in [9.17, 15) is 9.90 Å². The van der Waals surface area contributed by atoms with Crippen LogP contribution in [0.25, 0.3) is 38.9 Å². The van der Waals surface area contributed by atoms with E-state index in [-0.39, 0.29) is 12.5 Å². The molecule has 2 fully saturated rings. The van der Waals surface area contributed by atoms with Crippen LogP contribution >= 0.6 is 0 Å². The molecule has 2 aromatic carbocycles. The Morgan fingerprint density at radius 3 is 2.71 bits per heavy atom. The lowest BCUT2D eigenvalue weighted by molar-refractivity contribution is 0.0767. The molecule has 1 saturated heterocycles. The predicted octanol–water partition coefficient (Wildman–Crippen LogP) is 6.10. The first-order valence-electron chi connectivity index (χ1n) is 14.7. The number of hydrogen-bond acceptors (Lipinski definition) is 5. The first kappa shape index (κ1) is 26.5. The number of aryl methyl sites for hydroxylation is 1. The quantitative estimate of drug-likeness (QED) is 0.251. The van der Waals surface area contributed by atoms with Crippen molar-refractivity contribution in [3.8, 4) is 28.3 Å². The molecule has 0 bridgehead atoms. The number of hydrogen-bond donors (Lipinski definition) is 2. The third-order valence-electron chi connectivity index (χ3n) is 8.70. The number of nitrogens with zero attached hydrogens (tertiary/aromatic N) is 4. The molecular weight excluding hydrogens is 526 g/mol. The van der Waals surface area contributed by atoms with Crippen LogP contribution in [0.1, 0.15) is 47.2 Å². The maximum absolute atomic E-state index is 13.4. The van der Waals surface area contributed by atoms with E-state index in [1.165, 1.54) is 12.8 Å². The maximum Gasteiger partial charge on any atom is 0.255 e. The number of amides is 1. The van der Waals surface area contributed by atoms with E-state index in [1.54, 1.807) is 28.8 Å². The standard InChI is InChI=1S/C34H35N5O3/c1-21-32(36-39-18-27(16-31(42-2)33(21)39)34(41)37-12-4-7-28(35)19-37)30-15-26-11-10-25(24-6-3-5-23(13-24)20-40)14-29(26)38(30)17-22-8-9-22/h3,5-6,10-11,13-16,18,22,35,40H,4,7-9,12,17,19-20H2,1-2H3. The first-order valence-corrected chi connectivity index (χ1v) is 14.7. The van der Waals surface area contributed by atoms with Crippen LogP contribution in [0.4, 0.5) is 0 Å². The van der Waals surface area contributed by atoms with Crippen LogP contribution in [0.3, 0.4) is 0 Å². The van der Waals surface area contributed by atoms with Crippen LogP contribution in [0.2, 0.25) is 0 Å². The van der Waals surface area contributed by atoms with Gasteiger partial charge in [0.1, 0.15) is 17.0 Å². The Bertz CT molecular complexity index is 1860. The molecule has 5 aromatic rings. The number of aliphatic hydroxyl groups is 1. The number of fused-ring (bicyclic) bond motifs is 2. The molecule has 1 aliphatic carbocycles. The highest BCUT2D eigenvalue weighted by Gasteiger charge is 2.27. The summed E-state index contributed by atoms with van der Waals surface area (Å²) >= 11 is 0. The Balaban J connectivity index is 1.35. The highest BCUT2D eigenvalue weighted by atomic mass is 16.5. The number of piperidine rings is 1. The van der Waals surface area contributed by atoms with Gasteiger partial charge in [-0.1, -0.05) is 30.3 Å². The Kier molecular flexibility index (Phi) is 6.58. The van der Waals surface area contributed by atoms with Gasteiger partial charge in [0.15, 0.2) is 0 Å². The lowest BCUT2D eigenvalue weighted by Crippen LogP contribution is -2.40. The summed E-state index contributed by atoms with van der Waals surface area (Å²) in [7, 11) is 1.63. The summed E-state index contributed by atoms with van der Waals surface area (Å²) in [5.74, 6) is 1.16. The number of nitrogens with one attached hydrogen (secondary N) is 1. The lowest BCUT2D eigenvalue weighted by atomic mass is 10.0. The lowest BCUT2D eigenvalue weighted by Gasteiger charge is -2.27. The zero-order valence-electron chi connectivity index (χ0n) is 24.1. The topological polar surface area (TPSA) is 95.8 Å². The highest BCUT2D eigenvalue weighted by molar-refractivity contribution is 5.99. The van der Waals surface area contributed by atoms with Gasteiger partial charge in [-0.15, -0.1) is 0 Å².